The third-order valence-electron chi connectivity index (χ3n) is 3.83. The summed E-state index contributed by atoms with van der Waals surface area (Å²) in [6.45, 7) is 5.67. The average molecular weight is 355 g/mol. The molecule has 0 saturated carbocycles. The normalized spacial score (nSPS) is 11.9. The lowest BCUT2D eigenvalue weighted by Gasteiger charge is -2.21. The number of hydrogen-bond donors (Lipinski definition) is 0. The monoisotopic (exact) mass is 355 g/mol. The lowest BCUT2D eigenvalue weighted by molar-refractivity contribution is -0.564. The van der Waals surface area contributed by atoms with Gasteiger partial charge in [-0.25, -0.2) is 9.55 Å². The maximum Gasteiger partial charge on any atom is 0.342 e. The molecule has 0 bridgehead atoms. The van der Waals surface area contributed by atoms with Crippen LogP contribution in [0.25, 0.3) is 6.08 Å². The molecule has 0 unspecified atom stereocenters. The third kappa shape index (κ3) is 4.81. The Morgan fingerprint density at radius 3 is 1.84 bits per heavy atom. The second kappa shape index (κ2) is 6.95. The van der Waals surface area contributed by atoms with Crippen LogP contribution in [0.4, 0.5) is 5.82 Å². The van der Waals surface area contributed by atoms with Crippen molar-refractivity contribution in [1.29, 1.82) is 0 Å². The second-order valence-electron chi connectivity index (χ2n) is 7.09. The van der Waals surface area contributed by atoms with Gasteiger partial charge in [0.25, 0.3) is 0 Å². The van der Waals surface area contributed by atoms with Crippen LogP contribution in [-0.2, 0) is 7.05 Å². The van der Waals surface area contributed by atoms with Crippen LogP contribution in [0.15, 0.2) is 11.8 Å². The zero-order valence-electron chi connectivity index (χ0n) is 14.8. The van der Waals surface area contributed by atoms with Crippen LogP contribution in [0.2, 0.25) is 0 Å². The Morgan fingerprint density at radius 2 is 1.52 bits per heavy atom. The molecule has 138 valence electrons. The maximum absolute atomic E-state index is 11.2. The van der Waals surface area contributed by atoms with E-state index >= 15 is 0 Å². The molecule has 1 aromatic rings. The van der Waals surface area contributed by atoms with Crippen molar-refractivity contribution in [2.24, 2.45) is 7.05 Å². The minimum Gasteiger partial charge on any atom is -0.358 e. The van der Waals surface area contributed by atoms with Crippen molar-refractivity contribution in [3.8, 4) is 0 Å². The van der Waals surface area contributed by atoms with Gasteiger partial charge in [0.1, 0.15) is 6.20 Å². The number of aromatic nitrogens is 2. The van der Waals surface area contributed by atoms with Gasteiger partial charge in [-0.15, -0.1) is 0 Å². The Kier molecular flexibility index (Phi) is 5.61. The molecule has 0 aromatic carbocycles. The van der Waals surface area contributed by atoms with E-state index in [2.05, 4.69) is 4.98 Å². The van der Waals surface area contributed by atoms with E-state index in [4.69, 9.17) is 0 Å². The predicted molar refractivity (Wildman–Crippen MR) is 89.2 cm³/mol. The molecular weight excluding hydrogens is 334 g/mol. The van der Waals surface area contributed by atoms with E-state index in [-0.39, 0.29) is 24.5 Å². The van der Waals surface area contributed by atoms with Crippen LogP contribution in [0.5, 0.6) is 0 Å². The van der Waals surface area contributed by atoms with E-state index in [1.165, 1.54) is 45.4 Å². The predicted octanol–water partition coefficient (Wildman–Crippen LogP) is 2.60. The Labute approximate surface area is 143 Å². The molecule has 0 aliphatic carbocycles. The SMILES string of the molecule is Cn1c([N+](=O)[O-])cnc1C=C(CC(C)(C)[N+](=O)[O-])CC(C)(C)[N+](=O)[O-]. The molecule has 0 fully saturated rings. The molecule has 0 amide bonds. The van der Waals surface area contributed by atoms with Crippen molar-refractivity contribution >= 4 is 11.9 Å². The Hall–Kier alpha value is -2.85. The van der Waals surface area contributed by atoms with E-state index < -0.39 is 25.8 Å². The van der Waals surface area contributed by atoms with Crippen LogP contribution >= 0.6 is 0 Å². The summed E-state index contributed by atoms with van der Waals surface area (Å²) in [5.41, 5.74) is -2.25. The van der Waals surface area contributed by atoms with Crippen molar-refractivity contribution in [3.63, 3.8) is 0 Å². The van der Waals surface area contributed by atoms with Gasteiger partial charge in [-0.05, 0) is 4.92 Å². The summed E-state index contributed by atoms with van der Waals surface area (Å²) >= 11 is 0. The first-order valence-corrected chi connectivity index (χ1v) is 7.42. The lowest BCUT2D eigenvalue weighted by Crippen LogP contribution is -2.35. The summed E-state index contributed by atoms with van der Waals surface area (Å²) in [5.74, 6) is -0.0346. The molecule has 11 nitrogen and oxygen atoms in total. The largest absolute Gasteiger partial charge is 0.358 e. The van der Waals surface area contributed by atoms with Crippen molar-refractivity contribution in [3.05, 3.63) is 47.9 Å². The van der Waals surface area contributed by atoms with Crippen molar-refractivity contribution in [2.45, 2.75) is 51.6 Å². The van der Waals surface area contributed by atoms with E-state index in [9.17, 15) is 30.3 Å². The molecule has 0 radical (unpaired) electrons. The zero-order valence-corrected chi connectivity index (χ0v) is 14.8. The molecule has 1 aromatic heterocycles. The Morgan fingerprint density at radius 1 is 1.08 bits per heavy atom. The summed E-state index contributed by atoms with van der Waals surface area (Å²) in [6, 6.07) is 0. The quantitative estimate of drug-likeness (QED) is 0.514. The smallest absolute Gasteiger partial charge is 0.342 e. The van der Waals surface area contributed by atoms with E-state index in [1.807, 2.05) is 0 Å². The van der Waals surface area contributed by atoms with E-state index in [1.54, 1.807) is 0 Å². The first-order chi connectivity index (χ1) is 11.3. The van der Waals surface area contributed by atoms with Gasteiger partial charge in [-0.1, -0.05) is 5.57 Å². The third-order valence-corrected chi connectivity index (χ3v) is 3.83. The average Bonchev–Trinajstić information content (AvgIpc) is 2.78. The van der Waals surface area contributed by atoms with Gasteiger partial charge in [-0.2, -0.15) is 0 Å². The summed E-state index contributed by atoms with van der Waals surface area (Å²) < 4.78 is 1.22. The highest BCUT2D eigenvalue weighted by molar-refractivity contribution is 5.48. The lowest BCUT2D eigenvalue weighted by atomic mass is 9.87. The fourth-order valence-corrected chi connectivity index (χ4v) is 2.31. The number of nitrogens with zero attached hydrogens (tertiary/aromatic N) is 5. The second-order valence-corrected chi connectivity index (χ2v) is 7.09. The van der Waals surface area contributed by atoms with Gasteiger partial charge in [0.2, 0.25) is 16.9 Å². The fraction of sp³-hybridized carbons (Fsp3) is 0.643. The molecule has 25 heavy (non-hydrogen) atoms. The van der Waals surface area contributed by atoms with Crippen LogP contribution in [-0.4, -0.2) is 35.4 Å². The fourth-order valence-electron chi connectivity index (χ4n) is 2.31. The number of hydrogen-bond acceptors (Lipinski definition) is 7. The Balaban J connectivity index is 3.33. The van der Waals surface area contributed by atoms with Gasteiger partial charge < -0.3 is 10.1 Å². The van der Waals surface area contributed by atoms with E-state index in [0.717, 1.165) is 6.20 Å². The van der Waals surface area contributed by atoms with Crippen LogP contribution in [0, 0.1) is 30.3 Å². The molecule has 11 heteroatoms. The van der Waals surface area contributed by atoms with Crippen LogP contribution < -0.4 is 0 Å². The first kappa shape index (κ1) is 20.2. The van der Waals surface area contributed by atoms with Crippen molar-refractivity contribution in [1.82, 2.24) is 9.55 Å². The van der Waals surface area contributed by atoms with Gasteiger partial charge in [0.05, 0.1) is 7.05 Å². The summed E-state index contributed by atoms with van der Waals surface area (Å²) in [7, 11) is 1.44. The summed E-state index contributed by atoms with van der Waals surface area (Å²) in [4.78, 5) is 35.7. The standard InChI is InChI=1S/C14H21N5O6/c1-13(2,18(22)23)7-10(8-14(3,4)19(24)25)6-11-15-9-12(16(11)5)17(20)21/h6,9H,7-8H2,1-5H3. The molecule has 0 N–H and O–H groups in total. The minimum absolute atomic E-state index is 0.0437. The number of nitro groups is 3. The molecule has 0 saturated heterocycles. The molecule has 1 heterocycles. The van der Waals surface area contributed by atoms with Gasteiger partial charge in [-0.3, -0.25) is 20.2 Å². The molecule has 0 spiro atoms. The zero-order chi connectivity index (χ0) is 19.6. The molecular formula is C14H21N5O6. The molecule has 0 aliphatic rings. The Bertz CT molecular complexity index is 704. The minimum atomic E-state index is -1.34. The topological polar surface area (TPSA) is 147 Å². The van der Waals surface area contributed by atoms with Crippen LogP contribution in [0.3, 0.4) is 0 Å². The van der Waals surface area contributed by atoms with Crippen LogP contribution in [0.1, 0.15) is 46.4 Å². The van der Waals surface area contributed by atoms with Crippen molar-refractivity contribution < 1.29 is 14.8 Å². The number of imidazole rings is 1. The highest BCUT2D eigenvalue weighted by atomic mass is 16.6. The van der Waals surface area contributed by atoms with Gasteiger partial charge in [0, 0.05) is 56.5 Å². The molecule has 1 rings (SSSR count). The summed E-state index contributed by atoms with van der Waals surface area (Å²) in [6.07, 6.45) is 2.43. The van der Waals surface area contributed by atoms with E-state index in [0.29, 0.717) is 5.57 Å². The summed E-state index contributed by atoms with van der Waals surface area (Å²) in [5, 5.41) is 33.3. The maximum atomic E-state index is 11.2. The van der Waals surface area contributed by atoms with Gasteiger partial charge in [0.15, 0.2) is 0 Å². The molecule has 0 atom stereocenters. The van der Waals surface area contributed by atoms with Gasteiger partial charge >= 0.3 is 5.82 Å². The highest BCUT2D eigenvalue weighted by Crippen LogP contribution is 2.29. The first-order valence-electron chi connectivity index (χ1n) is 7.42. The number of rotatable bonds is 8. The molecule has 0 aliphatic heterocycles. The highest BCUT2D eigenvalue weighted by Gasteiger charge is 2.38. The van der Waals surface area contributed by atoms with Crippen molar-refractivity contribution in [2.75, 3.05) is 0 Å².